The molecule has 0 spiro atoms. The van der Waals surface area contributed by atoms with Crippen molar-refractivity contribution >= 4 is 11.6 Å². The molecular weight excluding hydrogens is 276 g/mol. The number of benzene rings is 1. The minimum absolute atomic E-state index is 0.199. The van der Waals surface area contributed by atoms with Gasteiger partial charge in [0.05, 0.1) is 19.3 Å². The minimum Gasteiger partial charge on any atom is -0.374 e. The second-order valence-corrected chi connectivity index (χ2v) is 5.98. The fourth-order valence-electron chi connectivity index (χ4n) is 3.12. The molecule has 2 heterocycles. The number of morpholine rings is 1. The van der Waals surface area contributed by atoms with Crippen LogP contribution in [0.3, 0.4) is 0 Å². The molecule has 2 aliphatic heterocycles. The van der Waals surface area contributed by atoms with E-state index in [0.29, 0.717) is 6.54 Å². The van der Waals surface area contributed by atoms with Crippen LogP contribution >= 0.6 is 0 Å². The van der Waals surface area contributed by atoms with Gasteiger partial charge in [0.15, 0.2) is 5.96 Å². The van der Waals surface area contributed by atoms with Gasteiger partial charge in [-0.3, -0.25) is 4.99 Å². The standard InChI is InChI=1S/C17H26N4O/c1-3-18-17(19-12-15-13-20(2)10-11-22-15)21-9-8-14-6-4-5-7-16(14)21/h4-7,15H,3,8-13H2,1-2H3,(H,18,19). The number of guanidine groups is 1. The monoisotopic (exact) mass is 302 g/mol. The summed E-state index contributed by atoms with van der Waals surface area (Å²) in [5, 5.41) is 3.42. The predicted molar refractivity (Wildman–Crippen MR) is 90.7 cm³/mol. The summed E-state index contributed by atoms with van der Waals surface area (Å²) in [6, 6.07) is 8.59. The first-order chi connectivity index (χ1) is 10.8. The molecule has 1 aromatic rings. The van der Waals surface area contributed by atoms with E-state index >= 15 is 0 Å². The van der Waals surface area contributed by atoms with E-state index in [0.717, 1.165) is 45.2 Å². The molecule has 0 saturated carbocycles. The minimum atomic E-state index is 0.199. The molecule has 0 aromatic heterocycles. The Morgan fingerprint density at radius 3 is 3.05 bits per heavy atom. The molecule has 1 saturated heterocycles. The number of anilines is 1. The largest absolute Gasteiger partial charge is 0.374 e. The van der Waals surface area contributed by atoms with Gasteiger partial charge in [-0.1, -0.05) is 18.2 Å². The quantitative estimate of drug-likeness (QED) is 0.676. The van der Waals surface area contributed by atoms with Crippen molar-refractivity contribution in [3.63, 3.8) is 0 Å². The lowest BCUT2D eigenvalue weighted by molar-refractivity contribution is -0.0136. The number of rotatable bonds is 3. The van der Waals surface area contributed by atoms with Gasteiger partial charge in [-0.05, 0) is 32.0 Å². The Kier molecular flexibility index (Phi) is 4.95. The van der Waals surface area contributed by atoms with E-state index in [1.807, 2.05) is 0 Å². The summed E-state index contributed by atoms with van der Waals surface area (Å²) < 4.78 is 5.81. The molecule has 1 N–H and O–H groups in total. The van der Waals surface area contributed by atoms with E-state index < -0.39 is 0 Å². The molecule has 0 bridgehead atoms. The van der Waals surface area contributed by atoms with Crippen molar-refractivity contribution in [2.75, 3.05) is 51.3 Å². The van der Waals surface area contributed by atoms with Crippen LogP contribution in [0.1, 0.15) is 12.5 Å². The maximum Gasteiger partial charge on any atom is 0.198 e. The van der Waals surface area contributed by atoms with Crippen LogP contribution in [0.25, 0.3) is 0 Å². The smallest absolute Gasteiger partial charge is 0.198 e. The predicted octanol–water partition coefficient (Wildman–Crippen LogP) is 1.35. The zero-order chi connectivity index (χ0) is 15.4. The van der Waals surface area contributed by atoms with Crippen molar-refractivity contribution in [2.45, 2.75) is 19.4 Å². The van der Waals surface area contributed by atoms with Crippen molar-refractivity contribution in [3.8, 4) is 0 Å². The van der Waals surface area contributed by atoms with Crippen LogP contribution in [0.4, 0.5) is 5.69 Å². The van der Waals surface area contributed by atoms with E-state index in [4.69, 9.17) is 9.73 Å². The lowest BCUT2D eigenvalue weighted by Crippen LogP contribution is -2.44. The van der Waals surface area contributed by atoms with Crippen LogP contribution in [0.2, 0.25) is 0 Å². The summed E-state index contributed by atoms with van der Waals surface area (Å²) in [5.41, 5.74) is 2.69. The van der Waals surface area contributed by atoms with Gasteiger partial charge < -0.3 is 19.9 Å². The molecule has 3 rings (SSSR count). The molecule has 5 heteroatoms. The van der Waals surface area contributed by atoms with E-state index in [2.05, 4.69) is 53.4 Å². The van der Waals surface area contributed by atoms with Crippen molar-refractivity contribution in [2.24, 2.45) is 4.99 Å². The fourth-order valence-corrected chi connectivity index (χ4v) is 3.12. The Labute approximate surface area is 133 Å². The highest BCUT2D eigenvalue weighted by Crippen LogP contribution is 2.27. The Morgan fingerprint density at radius 1 is 1.36 bits per heavy atom. The molecule has 0 aliphatic carbocycles. The number of nitrogens with one attached hydrogen (secondary N) is 1. The highest BCUT2D eigenvalue weighted by molar-refractivity contribution is 5.97. The lowest BCUT2D eigenvalue weighted by Gasteiger charge is -2.29. The maximum atomic E-state index is 5.81. The lowest BCUT2D eigenvalue weighted by atomic mass is 10.2. The van der Waals surface area contributed by atoms with E-state index in [1.54, 1.807) is 0 Å². The molecule has 1 unspecified atom stereocenters. The number of aliphatic imine (C=N–C) groups is 1. The third-order valence-electron chi connectivity index (χ3n) is 4.26. The molecule has 1 aromatic carbocycles. The van der Waals surface area contributed by atoms with Gasteiger partial charge >= 0.3 is 0 Å². The van der Waals surface area contributed by atoms with Crippen molar-refractivity contribution in [3.05, 3.63) is 29.8 Å². The summed E-state index contributed by atoms with van der Waals surface area (Å²) in [5.74, 6) is 0.976. The molecule has 22 heavy (non-hydrogen) atoms. The van der Waals surface area contributed by atoms with Gasteiger partial charge in [0.2, 0.25) is 0 Å². The number of fused-ring (bicyclic) bond motifs is 1. The Hall–Kier alpha value is -1.59. The first kappa shape index (κ1) is 15.3. The normalized spacial score (nSPS) is 22.7. The molecule has 1 atom stereocenters. The average Bonchev–Trinajstić information content (AvgIpc) is 2.95. The maximum absolute atomic E-state index is 5.81. The first-order valence-corrected chi connectivity index (χ1v) is 8.22. The van der Waals surface area contributed by atoms with Gasteiger partial charge in [0.25, 0.3) is 0 Å². The van der Waals surface area contributed by atoms with Gasteiger partial charge in [-0.2, -0.15) is 0 Å². The summed E-state index contributed by atoms with van der Waals surface area (Å²) in [6.07, 6.45) is 1.29. The van der Waals surface area contributed by atoms with Crippen molar-refractivity contribution in [1.82, 2.24) is 10.2 Å². The summed E-state index contributed by atoms with van der Waals surface area (Å²) in [7, 11) is 2.14. The summed E-state index contributed by atoms with van der Waals surface area (Å²) in [4.78, 5) is 9.44. The van der Waals surface area contributed by atoms with Gasteiger partial charge in [-0.25, -0.2) is 0 Å². The van der Waals surface area contributed by atoms with Crippen LogP contribution in [-0.4, -0.2) is 63.3 Å². The zero-order valence-corrected chi connectivity index (χ0v) is 13.6. The van der Waals surface area contributed by atoms with E-state index in [1.165, 1.54) is 11.3 Å². The molecule has 0 amide bonds. The van der Waals surface area contributed by atoms with Crippen LogP contribution in [-0.2, 0) is 11.2 Å². The van der Waals surface area contributed by atoms with Crippen LogP contribution in [0, 0.1) is 0 Å². The van der Waals surface area contributed by atoms with Gasteiger partial charge in [0, 0.05) is 31.9 Å². The van der Waals surface area contributed by atoms with Crippen LogP contribution < -0.4 is 10.2 Å². The number of hydrogen-bond acceptors (Lipinski definition) is 3. The van der Waals surface area contributed by atoms with Gasteiger partial charge in [-0.15, -0.1) is 0 Å². The Morgan fingerprint density at radius 2 is 2.23 bits per heavy atom. The molecule has 120 valence electrons. The number of nitrogens with zero attached hydrogens (tertiary/aromatic N) is 3. The number of likely N-dealkylation sites (N-methyl/N-ethyl adjacent to an activating group) is 1. The van der Waals surface area contributed by atoms with Crippen LogP contribution in [0.15, 0.2) is 29.3 Å². The van der Waals surface area contributed by atoms with E-state index in [-0.39, 0.29) is 6.10 Å². The van der Waals surface area contributed by atoms with Crippen molar-refractivity contribution in [1.29, 1.82) is 0 Å². The fraction of sp³-hybridized carbons (Fsp3) is 0.588. The zero-order valence-electron chi connectivity index (χ0n) is 13.6. The molecule has 5 nitrogen and oxygen atoms in total. The number of hydrogen-bond donors (Lipinski definition) is 1. The topological polar surface area (TPSA) is 40.1 Å². The van der Waals surface area contributed by atoms with Gasteiger partial charge in [0.1, 0.15) is 0 Å². The van der Waals surface area contributed by atoms with Crippen LogP contribution in [0.5, 0.6) is 0 Å². The average molecular weight is 302 g/mol. The second-order valence-electron chi connectivity index (χ2n) is 5.98. The molecule has 1 fully saturated rings. The Balaban J connectivity index is 1.71. The first-order valence-electron chi connectivity index (χ1n) is 8.22. The highest BCUT2D eigenvalue weighted by atomic mass is 16.5. The second kappa shape index (κ2) is 7.11. The molecule has 2 aliphatic rings. The Bertz CT molecular complexity index is 531. The third-order valence-corrected chi connectivity index (χ3v) is 4.26. The summed E-state index contributed by atoms with van der Waals surface area (Å²) >= 11 is 0. The SMILES string of the molecule is CCNC(=NCC1CN(C)CCO1)N1CCc2ccccc21. The third kappa shape index (κ3) is 3.42. The number of para-hydroxylation sites is 1. The highest BCUT2D eigenvalue weighted by Gasteiger charge is 2.23. The molecule has 0 radical (unpaired) electrons. The number of ether oxygens (including phenoxy) is 1. The van der Waals surface area contributed by atoms with E-state index in [9.17, 15) is 0 Å². The molecular formula is C17H26N4O. The summed E-state index contributed by atoms with van der Waals surface area (Å²) in [6.45, 7) is 7.48. The van der Waals surface area contributed by atoms with Crippen molar-refractivity contribution < 1.29 is 4.74 Å².